The third-order valence-corrected chi connectivity index (χ3v) is 3.34. The van der Waals surface area contributed by atoms with Gasteiger partial charge in [-0.3, -0.25) is 4.90 Å². The molecule has 0 fully saturated rings. The summed E-state index contributed by atoms with van der Waals surface area (Å²) >= 11 is 0. The van der Waals surface area contributed by atoms with Gasteiger partial charge in [0.1, 0.15) is 5.60 Å². The minimum Gasteiger partial charge on any atom is -0.444 e. The number of rotatable bonds is 0. The number of amides is 1. The lowest BCUT2D eigenvalue weighted by Gasteiger charge is -2.39. The molecule has 0 aromatic carbocycles. The Bertz CT molecular complexity index is 390. The van der Waals surface area contributed by atoms with E-state index in [1.165, 1.54) is 5.57 Å². The molecule has 0 aromatic heterocycles. The summed E-state index contributed by atoms with van der Waals surface area (Å²) in [5.41, 5.74) is 0.956. The lowest BCUT2D eigenvalue weighted by molar-refractivity contribution is 0.00885. The van der Waals surface area contributed by atoms with Gasteiger partial charge in [-0.2, -0.15) is 0 Å². The molecule has 2 aliphatic rings. The quantitative estimate of drug-likeness (QED) is 0.613. The summed E-state index contributed by atoms with van der Waals surface area (Å²) in [6.07, 6.45) is 9.18. The van der Waals surface area contributed by atoms with Gasteiger partial charge >= 0.3 is 6.09 Å². The topological polar surface area (TPSA) is 29.5 Å². The molecule has 0 saturated carbocycles. The Kier molecular flexibility index (Phi) is 3.51. The van der Waals surface area contributed by atoms with Crippen LogP contribution in [0.3, 0.4) is 0 Å². The minimum atomic E-state index is -0.427. The molecule has 1 amide bonds. The number of carbonyl (C=O) groups is 1. The molecular weight excluding hydrogens is 226 g/mol. The van der Waals surface area contributed by atoms with Gasteiger partial charge in [0.25, 0.3) is 0 Å². The normalized spacial score (nSPS) is 27.6. The summed E-state index contributed by atoms with van der Waals surface area (Å²) in [7, 11) is 0. The zero-order valence-electron chi connectivity index (χ0n) is 11.8. The van der Waals surface area contributed by atoms with Crippen LogP contribution in [-0.4, -0.2) is 28.7 Å². The van der Waals surface area contributed by atoms with Crippen LogP contribution >= 0.6 is 0 Å². The van der Waals surface area contributed by atoms with Gasteiger partial charge in [-0.05, 0) is 47.0 Å². The Balaban J connectivity index is 2.19. The van der Waals surface area contributed by atoms with Crippen LogP contribution in [0.25, 0.3) is 0 Å². The number of carbonyl (C=O) groups excluding carboxylic acids is 1. The first-order valence-electron chi connectivity index (χ1n) is 6.70. The van der Waals surface area contributed by atoms with Gasteiger partial charge in [-0.1, -0.05) is 23.8 Å². The summed E-state index contributed by atoms with van der Waals surface area (Å²) in [6, 6.07) is 0.422. The van der Waals surface area contributed by atoms with E-state index in [0.29, 0.717) is 0 Å². The first kappa shape index (κ1) is 13.2. The van der Waals surface area contributed by atoms with Crippen LogP contribution < -0.4 is 0 Å². The van der Waals surface area contributed by atoms with E-state index in [9.17, 15) is 4.79 Å². The molecule has 2 heterocycles. The van der Waals surface area contributed by atoms with E-state index in [1.807, 2.05) is 25.7 Å². The fourth-order valence-electron chi connectivity index (χ4n) is 2.68. The van der Waals surface area contributed by atoms with Crippen LogP contribution in [0.4, 0.5) is 4.79 Å². The van der Waals surface area contributed by atoms with Crippen LogP contribution in [0.5, 0.6) is 0 Å². The molecule has 0 N–H and O–H groups in total. The van der Waals surface area contributed by atoms with Crippen molar-refractivity contribution in [3.8, 4) is 0 Å². The van der Waals surface area contributed by atoms with Crippen LogP contribution in [0.1, 0.15) is 47.0 Å². The van der Waals surface area contributed by atoms with Gasteiger partial charge in [-0.25, -0.2) is 4.79 Å². The van der Waals surface area contributed by atoms with Gasteiger partial charge < -0.3 is 4.74 Å². The third kappa shape index (κ3) is 2.95. The molecule has 0 aliphatic carbocycles. The molecule has 2 aliphatic heterocycles. The second kappa shape index (κ2) is 4.79. The highest BCUT2D eigenvalue weighted by Crippen LogP contribution is 2.30. The molecule has 100 valence electrons. The molecular formula is C15H23NO2. The smallest absolute Gasteiger partial charge is 0.411 e. The predicted octanol–water partition coefficient (Wildman–Crippen LogP) is 3.66. The number of ether oxygens (including phenoxy) is 1. The standard InChI is InChI=1S/C15H23NO2/c1-11-9-12-7-5-6-8-13(10-11)16(12)14(17)18-15(2,3)4/h5-6,9,12-13H,7-8,10H2,1-4H3/t12-,13+/m1/s1. The SMILES string of the molecule is CC1=C[C@H]2CC=CC[C@@H](C1)N2C(=O)OC(C)(C)C. The van der Waals surface area contributed by atoms with Crippen molar-refractivity contribution in [3.05, 3.63) is 23.8 Å². The molecule has 0 radical (unpaired) electrons. The van der Waals surface area contributed by atoms with Gasteiger partial charge in [0.15, 0.2) is 0 Å². The van der Waals surface area contributed by atoms with Crippen LogP contribution in [-0.2, 0) is 4.74 Å². The number of nitrogens with zero attached hydrogens (tertiary/aromatic N) is 1. The van der Waals surface area contributed by atoms with E-state index in [-0.39, 0.29) is 18.2 Å². The lowest BCUT2D eigenvalue weighted by Crippen LogP contribution is -2.49. The minimum absolute atomic E-state index is 0.164. The maximum Gasteiger partial charge on any atom is 0.411 e. The van der Waals surface area contributed by atoms with Crippen LogP contribution in [0.2, 0.25) is 0 Å². The van der Waals surface area contributed by atoms with Crippen molar-refractivity contribution in [2.45, 2.75) is 64.6 Å². The third-order valence-electron chi connectivity index (χ3n) is 3.34. The van der Waals surface area contributed by atoms with Crippen molar-refractivity contribution < 1.29 is 9.53 Å². The summed E-state index contributed by atoms with van der Waals surface area (Å²) in [6.45, 7) is 7.89. The first-order chi connectivity index (χ1) is 8.37. The van der Waals surface area contributed by atoms with Gasteiger partial charge in [0.05, 0.1) is 6.04 Å². The van der Waals surface area contributed by atoms with Crippen molar-refractivity contribution in [3.63, 3.8) is 0 Å². The van der Waals surface area contributed by atoms with Crippen molar-refractivity contribution in [1.82, 2.24) is 4.90 Å². The highest BCUT2D eigenvalue weighted by molar-refractivity contribution is 5.70. The highest BCUT2D eigenvalue weighted by Gasteiger charge is 2.35. The van der Waals surface area contributed by atoms with Crippen molar-refractivity contribution in [2.75, 3.05) is 0 Å². The summed E-state index contributed by atoms with van der Waals surface area (Å²) in [5, 5.41) is 0. The largest absolute Gasteiger partial charge is 0.444 e. The predicted molar refractivity (Wildman–Crippen MR) is 72.4 cm³/mol. The fourth-order valence-corrected chi connectivity index (χ4v) is 2.68. The monoisotopic (exact) mass is 249 g/mol. The van der Waals surface area contributed by atoms with Crippen molar-refractivity contribution >= 4 is 6.09 Å². The van der Waals surface area contributed by atoms with E-state index < -0.39 is 5.60 Å². The molecule has 0 saturated heterocycles. The van der Waals surface area contributed by atoms with Crippen LogP contribution in [0.15, 0.2) is 23.8 Å². The maximum atomic E-state index is 12.3. The molecule has 3 nitrogen and oxygen atoms in total. The Hall–Kier alpha value is -1.25. The van der Waals surface area contributed by atoms with Crippen molar-refractivity contribution in [1.29, 1.82) is 0 Å². The Morgan fingerprint density at radius 2 is 2.00 bits per heavy atom. The lowest BCUT2D eigenvalue weighted by atomic mass is 9.95. The molecule has 18 heavy (non-hydrogen) atoms. The Labute approximate surface area is 109 Å². The van der Waals surface area contributed by atoms with Crippen LogP contribution in [0, 0.1) is 0 Å². The molecule has 3 heteroatoms. The molecule has 0 spiro atoms. The van der Waals surface area contributed by atoms with E-state index in [1.54, 1.807) is 0 Å². The average Bonchev–Trinajstić information content (AvgIpc) is 2.33. The van der Waals surface area contributed by atoms with E-state index in [4.69, 9.17) is 4.74 Å². The first-order valence-corrected chi connectivity index (χ1v) is 6.70. The molecule has 2 rings (SSSR count). The zero-order valence-corrected chi connectivity index (χ0v) is 11.8. The maximum absolute atomic E-state index is 12.3. The Morgan fingerprint density at radius 3 is 2.67 bits per heavy atom. The average molecular weight is 249 g/mol. The van der Waals surface area contributed by atoms with E-state index >= 15 is 0 Å². The summed E-state index contributed by atoms with van der Waals surface area (Å²) in [4.78, 5) is 14.3. The fraction of sp³-hybridized carbons (Fsp3) is 0.667. The number of hydrogen-bond donors (Lipinski definition) is 0. The molecule has 2 atom stereocenters. The van der Waals surface area contributed by atoms with Gasteiger partial charge in [-0.15, -0.1) is 0 Å². The second-order valence-electron chi connectivity index (χ2n) is 6.27. The second-order valence-corrected chi connectivity index (χ2v) is 6.27. The van der Waals surface area contributed by atoms with Crippen molar-refractivity contribution in [2.24, 2.45) is 0 Å². The summed E-state index contributed by atoms with van der Waals surface area (Å²) < 4.78 is 5.53. The van der Waals surface area contributed by atoms with E-state index in [0.717, 1.165) is 19.3 Å². The van der Waals surface area contributed by atoms with Gasteiger partial charge in [0.2, 0.25) is 0 Å². The number of hydrogen-bond acceptors (Lipinski definition) is 2. The molecule has 2 bridgehead atoms. The van der Waals surface area contributed by atoms with E-state index in [2.05, 4.69) is 25.2 Å². The highest BCUT2D eigenvalue weighted by atomic mass is 16.6. The molecule has 0 unspecified atom stereocenters. The number of fused-ring (bicyclic) bond motifs is 2. The van der Waals surface area contributed by atoms with Gasteiger partial charge in [0, 0.05) is 6.04 Å². The zero-order chi connectivity index (χ0) is 13.3. The molecule has 0 aromatic rings. The Morgan fingerprint density at radius 1 is 1.33 bits per heavy atom. The summed E-state index contributed by atoms with van der Waals surface area (Å²) in [5.74, 6) is 0.